The first kappa shape index (κ1) is 20.4. The first-order valence-electron chi connectivity index (χ1n) is 10.1. The van der Waals surface area contributed by atoms with Gasteiger partial charge in [-0.25, -0.2) is 19.4 Å². The molecular formula is C25H18N2O6. The summed E-state index contributed by atoms with van der Waals surface area (Å²) in [6.07, 6.45) is 0. The van der Waals surface area contributed by atoms with Crippen LogP contribution in [0.25, 0.3) is 38.6 Å². The standard InChI is InChI=1S/C25H18N2O6/c1-31-23(28)17-18(24(29)32-2)22-19(25(30)33-3)26-15-12-8-7-11-14-16(13-9-5-4-6-10-13)21(17)27(22)20(14)15/h4-12H,1-3H3. The van der Waals surface area contributed by atoms with Gasteiger partial charge in [0.2, 0.25) is 0 Å². The third kappa shape index (κ3) is 2.77. The van der Waals surface area contributed by atoms with Gasteiger partial charge in [-0.05, 0) is 11.6 Å². The Hall–Kier alpha value is -4.46. The highest BCUT2D eigenvalue weighted by atomic mass is 16.5. The molecule has 8 nitrogen and oxygen atoms in total. The van der Waals surface area contributed by atoms with E-state index in [2.05, 4.69) is 4.98 Å². The summed E-state index contributed by atoms with van der Waals surface area (Å²) in [5.74, 6) is -2.27. The maximum Gasteiger partial charge on any atom is 0.358 e. The Morgan fingerprint density at radius 2 is 1.27 bits per heavy atom. The number of carbonyl (C=O) groups is 3. The minimum atomic E-state index is -0.790. The van der Waals surface area contributed by atoms with Crippen molar-refractivity contribution in [1.82, 2.24) is 9.38 Å². The van der Waals surface area contributed by atoms with Crippen LogP contribution in [0.15, 0.2) is 54.6 Å². The van der Waals surface area contributed by atoms with Crippen molar-refractivity contribution in [2.75, 3.05) is 21.3 Å². The minimum absolute atomic E-state index is 0.00140. The van der Waals surface area contributed by atoms with Gasteiger partial charge < -0.3 is 18.6 Å². The van der Waals surface area contributed by atoms with Crippen LogP contribution in [-0.4, -0.2) is 48.6 Å². The van der Waals surface area contributed by atoms with E-state index in [0.29, 0.717) is 22.1 Å². The van der Waals surface area contributed by atoms with Gasteiger partial charge in [0.15, 0.2) is 5.69 Å². The monoisotopic (exact) mass is 442 g/mol. The van der Waals surface area contributed by atoms with Crippen molar-refractivity contribution in [1.29, 1.82) is 0 Å². The van der Waals surface area contributed by atoms with Crippen molar-refractivity contribution >= 4 is 45.4 Å². The average Bonchev–Trinajstić information content (AvgIpc) is 3.28. The van der Waals surface area contributed by atoms with Gasteiger partial charge in [0.05, 0.1) is 43.4 Å². The largest absolute Gasteiger partial charge is 0.465 e. The van der Waals surface area contributed by atoms with Gasteiger partial charge in [0, 0.05) is 10.9 Å². The Bertz CT molecular complexity index is 1570. The molecule has 0 fully saturated rings. The molecule has 0 radical (unpaired) electrons. The van der Waals surface area contributed by atoms with E-state index >= 15 is 0 Å². The molecule has 0 saturated heterocycles. The molecule has 0 amide bonds. The quantitative estimate of drug-likeness (QED) is 0.305. The topological polar surface area (TPSA) is 96.2 Å². The molecule has 0 atom stereocenters. The van der Waals surface area contributed by atoms with Gasteiger partial charge in [0.1, 0.15) is 11.1 Å². The highest BCUT2D eigenvalue weighted by molar-refractivity contribution is 6.25. The Morgan fingerprint density at radius 1 is 0.697 bits per heavy atom. The Kier molecular flexibility index (Phi) is 4.70. The number of esters is 3. The van der Waals surface area contributed by atoms with Crippen LogP contribution in [0.4, 0.5) is 0 Å². The summed E-state index contributed by atoms with van der Waals surface area (Å²) in [6.45, 7) is 0. The van der Waals surface area contributed by atoms with Crippen LogP contribution in [0, 0.1) is 0 Å². The molecule has 5 aromatic rings. The lowest BCUT2D eigenvalue weighted by atomic mass is 9.99. The molecule has 0 unspecified atom stereocenters. The van der Waals surface area contributed by atoms with E-state index in [1.165, 1.54) is 21.3 Å². The van der Waals surface area contributed by atoms with Crippen molar-refractivity contribution in [2.45, 2.75) is 0 Å². The molecule has 8 heteroatoms. The Morgan fingerprint density at radius 3 is 1.91 bits per heavy atom. The van der Waals surface area contributed by atoms with E-state index in [9.17, 15) is 14.4 Å². The second-order valence-electron chi connectivity index (χ2n) is 7.32. The third-order valence-electron chi connectivity index (χ3n) is 5.70. The molecule has 2 aromatic carbocycles. The lowest BCUT2D eigenvalue weighted by Gasteiger charge is -2.08. The average molecular weight is 442 g/mol. The van der Waals surface area contributed by atoms with Gasteiger partial charge in [-0.1, -0.05) is 48.5 Å². The van der Waals surface area contributed by atoms with Crippen molar-refractivity contribution in [3.63, 3.8) is 0 Å². The molecule has 5 rings (SSSR count). The molecule has 0 aliphatic carbocycles. The normalized spacial score (nSPS) is 11.2. The number of aromatic nitrogens is 2. The van der Waals surface area contributed by atoms with Gasteiger partial charge in [-0.2, -0.15) is 0 Å². The molecule has 0 aliphatic rings. The van der Waals surface area contributed by atoms with E-state index in [-0.39, 0.29) is 22.3 Å². The van der Waals surface area contributed by atoms with Gasteiger partial charge >= 0.3 is 17.9 Å². The third-order valence-corrected chi connectivity index (χ3v) is 5.70. The maximum atomic E-state index is 13.1. The summed E-state index contributed by atoms with van der Waals surface area (Å²) in [4.78, 5) is 43.4. The maximum absolute atomic E-state index is 13.1. The summed E-state index contributed by atoms with van der Waals surface area (Å²) < 4.78 is 16.7. The number of carbonyl (C=O) groups excluding carboxylic acids is 3. The molecule has 3 heterocycles. The van der Waals surface area contributed by atoms with Crippen molar-refractivity contribution < 1.29 is 28.6 Å². The molecule has 33 heavy (non-hydrogen) atoms. The zero-order valence-corrected chi connectivity index (χ0v) is 18.0. The second kappa shape index (κ2) is 7.59. The van der Waals surface area contributed by atoms with Crippen LogP contribution in [0.3, 0.4) is 0 Å². The number of ether oxygens (including phenoxy) is 3. The van der Waals surface area contributed by atoms with E-state index in [4.69, 9.17) is 14.2 Å². The van der Waals surface area contributed by atoms with Gasteiger partial charge in [-0.15, -0.1) is 0 Å². The smallest absolute Gasteiger partial charge is 0.358 e. The SMILES string of the molecule is COC(=O)c1nc2ccccc3c(-c4ccccc4)c4c(C(=O)OC)c(C(=O)OC)c1n4c23. The number of methoxy groups -OCH3 is 3. The van der Waals surface area contributed by atoms with Crippen molar-refractivity contribution in [3.8, 4) is 11.1 Å². The number of benzene rings is 1. The lowest BCUT2D eigenvalue weighted by molar-refractivity contribution is 0.0558. The van der Waals surface area contributed by atoms with E-state index < -0.39 is 17.9 Å². The second-order valence-corrected chi connectivity index (χ2v) is 7.32. The summed E-state index contributed by atoms with van der Waals surface area (Å²) in [5.41, 5.74) is 3.05. The predicted octanol–water partition coefficient (Wildman–Crippen LogP) is 4.11. The molecule has 0 spiro atoms. The molecule has 0 N–H and O–H groups in total. The van der Waals surface area contributed by atoms with Gasteiger partial charge in [0.25, 0.3) is 0 Å². The van der Waals surface area contributed by atoms with Gasteiger partial charge in [-0.3, -0.25) is 0 Å². The van der Waals surface area contributed by atoms with Crippen molar-refractivity contribution in [2.24, 2.45) is 0 Å². The number of rotatable bonds is 4. The Labute approximate surface area is 187 Å². The van der Waals surface area contributed by atoms with E-state index in [1.807, 2.05) is 48.5 Å². The predicted molar refractivity (Wildman–Crippen MR) is 121 cm³/mol. The van der Waals surface area contributed by atoms with Crippen LogP contribution in [0.1, 0.15) is 31.2 Å². The molecule has 164 valence electrons. The Balaban J connectivity index is 2.17. The highest BCUT2D eigenvalue weighted by Crippen LogP contribution is 2.44. The first-order valence-corrected chi connectivity index (χ1v) is 10.1. The minimum Gasteiger partial charge on any atom is -0.465 e. The molecule has 3 aromatic heterocycles. The van der Waals surface area contributed by atoms with Crippen LogP contribution in [-0.2, 0) is 14.2 Å². The number of hydrogen-bond donors (Lipinski definition) is 0. The highest BCUT2D eigenvalue weighted by Gasteiger charge is 2.36. The molecular weight excluding hydrogens is 424 g/mol. The summed E-state index contributed by atoms with van der Waals surface area (Å²) in [5, 5.41) is 0.798. The lowest BCUT2D eigenvalue weighted by Crippen LogP contribution is -2.13. The van der Waals surface area contributed by atoms with E-state index in [0.717, 1.165) is 10.9 Å². The van der Waals surface area contributed by atoms with Crippen LogP contribution in [0.2, 0.25) is 0 Å². The zero-order valence-electron chi connectivity index (χ0n) is 18.0. The fourth-order valence-electron chi connectivity index (χ4n) is 4.42. The van der Waals surface area contributed by atoms with Crippen molar-refractivity contribution in [3.05, 3.63) is 71.4 Å². The first-order chi connectivity index (χ1) is 16.0. The molecule has 0 bridgehead atoms. The summed E-state index contributed by atoms with van der Waals surface area (Å²) in [7, 11) is 3.67. The summed E-state index contributed by atoms with van der Waals surface area (Å²) in [6, 6.07) is 16.8. The van der Waals surface area contributed by atoms with Crippen LogP contribution < -0.4 is 0 Å². The zero-order chi connectivity index (χ0) is 23.3. The van der Waals surface area contributed by atoms with Crippen LogP contribution >= 0.6 is 0 Å². The fourth-order valence-corrected chi connectivity index (χ4v) is 4.42. The molecule has 0 aliphatic heterocycles. The molecule has 0 saturated carbocycles. The summed E-state index contributed by atoms with van der Waals surface area (Å²) >= 11 is 0. The number of nitrogens with zero attached hydrogens (tertiary/aromatic N) is 2. The number of hydrogen-bond acceptors (Lipinski definition) is 7. The fraction of sp³-hybridized carbons (Fsp3) is 0.120. The van der Waals surface area contributed by atoms with Crippen LogP contribution in [0.5, 0.6) is 0 Å². The van der Waals surface area contributed by atoms with E-state index in [1.54, 1.807) is 10.5 Å².